The first kappa shape index (κ1) is 16.9. The Labute approximate surface area is 125 Å². The molecule has 0 aliphatic carbocycles. The summed E-state index contributed by atoms with van der Waals surface area (Å²) in [4.78, 5) is 11.7. The Kier molecular flexibility index (Phi) is 5.52. The van der Waals surface area contributed by atoms with Crippen LogP contribution in [0.15, 0.2) is 17.3 Å². The third-order valence-corrected chi connectivity index (χ3v) is 5.77. The lowest BCUT2D eigenvalue weighted by Gasteiger charge is -2.24. The van der Waals surface area contributed by atoms with Gasteiger partial charge < -0.3 is 0 Å². The molecule has 20 heavy (non-hydrogen) atoms. The fourth-order valence-electron chi connectivity index (χ4n) is 3.00. The van der Waals surface area contributed by atoms with Crippen LogP contribution in [0.1, 0.15) is 42.0 Å². The Hall–Kier alpha value is -1.15. The minimum atomic E-state index is -1.62. The minimum Gasteiger partial charge on any atom is -0.299 e. The number of aldehydes is 1. The smallest absolute Gasteiger partial charge is 0.142 e. The molecule has 0 amide bonds. The second-order valence-corrected chi connectivity index (χ2v) is 11.8. The van der Waals surface area contributed by atoms with E-state index in [0.29, 0.717) is 0 Å². The Balaban J connectivity index is 3.65. The minimum absolute atomic E-state index is 0.989. The fraction of sp³-hybridized carbons (Fsp3) is 0.500. The molecule has 1 nitrogen and oxygen atoms in total. The van der Waals surface area contributed by atoms with Crippen molar-refractivity contribution in [3.05, 3.63) is 39.6 Å². The topological polar surface area (TPSA) is 17.1 Å². The van der Waals surface area contributed by atoms with Crippen molar-refractivity contribution in [2.24, 2.45) is 0 Å². The van der Waals surface area contributed by atoms with Crippen LogP contribution in [0.4, 0.5) is 0 Å². The normalized spacial score (nSPS) is 13.2. The lowest BCUT2D eigenvalue weighted by atomic mass is 9.91. The molecule has 0 atom stereocenters. The summed E-state index contributed by atoms with van der Waals surface area (Å²) in [6.45, 7) is 15.4. The molecule has 0 radical (unpaired) electrons. The lowest BCUT2D eigenvalue weighted by molar-refractivity contribution is -0.104. The number of allylic oxidation sites excluding steroid dienone is 2. The summed E-state index contributed by atoms with van der Waals surface area (Å²) in [5.74, 6) is 0. The van der Waals surface area contributed by atoms with Gasteiger partial charge in [-0.1, -0.05) is 50.7 Å². The number of hydrogen-bond acceptors (Lipinski definition) is 1. The zero-order valence-corrected chi connectivity index (χ0v) is 15.1. The van der Waals surface area contributed by atoms with E-state index < -0.39 is 8.07 Å². The third-order valence-electron chi connectivity index (χ3n) is 3.73. The van der Waals surface area contributed by atoms with E-state index in [0.717, 1.165) is 24.3 Å². The molecule has 1 aromatic rings. The van der Waals surface area contributed by atoms with Crippen LogP contribution in [0.3, 0.4) is 0 Å². The predicted molar refractivity (Wildman–Crippen MR) is 91.9 cm³/mol. The van der Waals surface area contributed by atoms with Crippen LogP contribution in [0.2, 0.25) is 19.6 Å². The molecule has 0 N–H and O–H groups in total. The summed E-state index contributed by atoms with van der Waals surface area (Å²) in [5, 5.41) is 1.08. The van der Waals surface area contributed by atoms with E-state index in [2.05, 4.69) is 59.5 Å². The number of rotatable bonds is 5. The second kappa shape index (κ2) is 6.53. The highest BCUT2D eigenvalue weighted by molar-refractivity contribution is 6.87. The van der Waals surface area contributed by atoms with Gasteiger partial charge in [-0.3, -0.25) is 4.79 Å². The van der Waals surface area contributed by atoms with Gasteiger partial charge in [0.2, 0.25) is 0 Å². The first-order valence-corrected chi connectivity index (χ1v) is 11.0. The SMILES string of the molecule is CCC/C(=C(/C=O)[Si](C)(C)C)c1c(C)cc(C)cc1C. The van der Waals surface area contributed by atoms with Crippen LogP contribution in [0.5, 0.6) is 0 Å². The summed E-state index contributed by atoms with van der Waals surface area (Å²) in [7, 11) is -1.62. The van der Waals surface area contributed by atoms with Crippen LogP contribution in [0, 0.1) is 20.8 Å². The van der Waals surface area contributed by atoms with Gasteiger partial charge in [0.25, 0.3) is 0 Å². The van der Waals surface area contributed by atoms with Crippen LogP contribution < -0.4 is 0 Å². The van der Waals surface area contributed by atoms with Gasteiger partial charge in [0.05, 0.1) is 8.07 Å². The van der Waals surface area contributed by atoms with Crippen molar-refractivity contribution in [1.82, 2.24) is 0 Å². The molecule has 110 valence electrons. The number of carbonyl (C=O) groups excluding carboxylic acids is 1. The largest absolute Gasteiger partial charge is 0.299 e. The van der Waals surface area contributed by atoms with Gasteiger partial charge in [0.15, 0.2) is 0 Å². The average molecular weight is 289 g/mol. The van der Waals surface area contributed by atoms with Crippen LogP contribution >= 0.6 is 0 Å². The van der Waals surface area contributed by atoms with Crippen molar-refractivity contribution in [1.29, 1.82) is 0 Å². The number of carbonyl (C=O) groups is 1. The standard InChI is InChI=1S/C18H28OSi/c1-8-9-16(17(12-19)20(5,6)7)18-14(3)10-13(2)11-15(18)4/h10-12H,8-9H2,1-7H3/b17-16+. The molecule has 0 saturated carbocycles. The lowest BCUT2D eigenvalue weighted by Crippen LogP contribution is -2.26. The van der Waals surface area contributed by atoms with Crippen LogP contribution in [-0.4, -0.2) is 14.4 Å². The maximum Gasteiger partial charge on any atom is 0.142 e. The fourth-order valence-corrected chi connectivity index (χ4v) is 4.51. The highest BCUT2D eigenvalue weighted by Gasteiger charge is 2.24. The second-order valence-electron chi connectivity index (χ2n) is 6.78. The summed E-state index contributed by atoms with van der Waals surface area (Å²) in [5.41, 5.74) is 6.48. The van der Waals surface area contributed by atoms with Gasteiger partial charge in [-0.25, -0.2) is 0 Å². The third kappa shape index (κ3) is 3.69. The van der Waals surface area contributed by atoms with Gasteiger partial charge in [0.1, 0.15) is 6.29 Å². The zero-order valence-electron chi connectivity index (χ0n) is 14.1. The van der Waals surface area contributed by atoms with Gasteiger partial charge in [-0.15, -0.1) is 0 Å². The monoisotopic (exact) mass is 288 g/mol. The molecule has 0 fully saturated rings. The molecule has 0 aromatic heterocycles. The molecule has 0 aliphatic heterocycles. The molecular weight excluding hydrogens is 260 g/mol. The van der Waals surface area contributed by atoms with Crippen molar-refractivity contribution in [3.8, 4) is 0 Å². The summed E-state index contributed by atoms with van der Waals surface area (Å²) < 4.78 is 0. The molecule has 1 rings (SSSR count). The molecule has 0 aliphatic rings. The van der Waals surface area contributed by atoms with Crippen LogP contribution in [0.25, 0.3) is 5.57 Å². The molecule has 0 spiro atoms. The van der Waals surface area contributed by atoms with E-state index in [1.807, 2.05) is 0 Å². The molecule has 2 heteroatoms. The average Bonchev–Trinajstić information content (AvgIpc) is 2.26. The van der Waals surface area contributed by atoms with Crippen molar-refractivity contribution in [2.45, 2.75) is 60.2 Å². The van der Waals surface area contributed by atoms with E-state index in [1.165, 1.54) is 27.8 Å². The van der Waals surface area contributed by atoms with Crippen molar-refractivity contribution in [3.63, 3.8) is 0 Å². The van der Waals surface area contributed by atoms with E-state index in [4.69, 9.17) is 0 Å². The highest BCUT2D eigenvalue weighted by Crippen LogP contribution is 2.33. The van der Waals surface area contributed by atoms with Crippen molar-refractivity contribution in [2.75, 3.05) is 0 Å². The quantitative estimate of drug-likeness (QED) is 0.411. The Morgan fingerprint density at radius 1 is 1.10 bits per heavy atom. The Morgan fingerprint density at radius 3 is 1.95 bits per heavy atom. The predicted octanol–water partition coefficient (Wildman–Crippen LogP) is 5.24. The molecule has 0 bridgehead atoms. The van der Waals surface area contributed by atoms with Crippen molar-refractivity contribution < 1.29 is 4.79 Å². The van der Waals surface area contributed by atoms with Gasteiger partial charge in [0, 0.05) is 0 Å². The van der Waals surface area contributed by atoms with Gasteiger partial charge in [-0.2, -0.15) is 0 Å². The zero-order chi connectivity index (χ0) is 15.5. The molecule has 1 aromatic carbocycles. The maximum atomic E-state index is 11.7. The summed E-state index contributed by atoms with van der Waals surface area (Å²) >= 11 is 0. The molecule has 0 unspecified atom stereocenters. The van der Waals surface area contributed by atoms with E-state index >= 15 is 0 Å². The number of benzene rings is 1. The number of hydrogen-bond donors (Lipinski definition) is 0. The summed E-state index contributed by atoms with van der Waals surface area (Å²) in [6, 6.07) is 4.45. The van der Waals surface area contributed by atoms with Gasteiger partial charge in [-0.05, 0) is 54.7 Å². The molecular formula is C18H28OSi. The molecule has 0 saturated heterocycles. The van der Waals surface area contributed by atoms with Gasteiger partial charge >= 0.3 is 0 Å². The first-order chi connectivity index (χ1) is 9.22. The molecule has 0 heterocycles. The van der Waals surface area contributed by atoms with E-state index in [1.54, 1.807) is 0 Å². The van der Waals surface area contributed by atoms with E-state index in [-0.39, 0.29) is 0 Å². The highest BCUT2D eigenvalue weighted by atomic mass is 28.3. The van der Waals surface area contributed by atoms with Crippen LogP contribution in [-0.2, 0) is 4.79 Å². The Bertz CT molecular complexity index is 510. The summed E-state index contributed by atoms with van der Waals surface area (Å²) in [6.07, 6.45) is 3.18. The Morgan fingerprint density at radius 2 is 1.60 bits per heavy atom. The van der Waals surface area contributed by atoms with E-state index in [9.17, 15) is 4.79 Å². The number of aryl methyl sites for hydroxylation is 3. The van der Waals surface area contributed by atoms with Crippen molar-refractivity contribution >= 4 is 19.9 Å². The first-order valence-electron chi connectivity index (χ1n) is 7.49. The maximum absolute atomic E-state index is 11.7.